The third kappa shape index (κ3) is 4.25. The molecule has 1 amide bonds. The number of anilines is 1. The summed E-state index contributed by atoms with van der Waals surface area (Å²) in [5.41, 5.74) is 5.83. The van der Waals surface area contributed by atoms with Crippen molar-refractivity contribution < 1.29 is 14.3 Å². The van der Waals surface area contributed by atoms with Gasteiger partial charge in [0.25, 0.3) is 0 Å². The first-order valence-electron chi connectivity index (χ1n) is 5.66. The van der Waals surface area contributed by atoms with Crippen LogP contribution in [0.25, 0.3) is 0 Å². The van der Waals surface area contributed by atoms with Gasteiger partial charge in [-0.05, 0) is 26.0 Å². The minimum atomic E-state index is -0.545. The first-order chi connectivity index (χ1) is 8.35. The fourth-order valence-corrected chi connectivity index (χ4v) is 1.52. The molecule has 18 heavy (non-hydrogen) atoms. The van der Waals surface area contributed by atoms with Gasteiger partial charge in [-0.2, -0.15) is 0 Å². The molecular weight excluding hydrogens is 232 g/mol. The normalized spacial score (nSPS) is 10.9. The first kappa shape index (κ1) is 14.3. The Kier molecular flexibility index (Phi) is 4.55. The average molecular weight is 252 g/mol. The van der Waals surface area contributed by atoms with Gasteiger partial charge in [-0.15, -0.1) is 0 Å². The Morgan fingerprint density at radius 1 is 1.33 bits per heavy atom. The number of methoxy groups -OCH3 is 2. The van der Waals surface area contributed by atoms with E-state index in [2.05, 4.69) is 5.32 Å². The molecule has 0 heterocycles. The lowest BCUT2D eigenvalue weighted by molar-refractivity contribution is -0.117. The molecule has 100 valence electrons. The smallest absolute Gasteiger partial charge is 0.226 e. The Morgan fingerprint density at radius 3 is 2.50 bits per heavy atom. The molecule has 1 aromatic rings. The van der Waals surface area contributed by atoms with Gasteiger partial charge in [-0.1, -0.05) is 0 Å². The zero-order valence-electron chi connectivity index (χ0n) is 11.2. The molecule has 0 aliphatic heterocycles. The van der Waals surface area contributed by atoms with E-state index in [9.17, 15) is 4.79 Å². The van der Waals surface area contributed by atoms with Crippen LogP contribution in [0.15, 0.2) is 18.2 Å². The minimum absolute atomic E-state index is 0.158. The average Bonchev–Trinajstić information content (AvgIpc) is 2.26. The lowest BCUT2D eigenvalue weighted by Gasteiger charge is -2.18. The number of rotatable bonds is 5. The second-order valence-corrected chi connectivity index (χ2v) is 4.78. The molecule has 0 aliphatic carbocycles. The Balaban J connectivity index is 2.85. The van der Waals surface area contributed by atoms with E-state index in [0.29, 0.717) is 17.2 Å². The number of nitrogens with two attached hydrogens (primary N) is 1. The SMILES string of the molecule is COc1ccc(OC)c(NC(=O)CC(C)(C)N)c1. The molecule has 0 atom stereocenters. The van der Waals surface area contributed by atoms with Gasteiger partial charge in [0.2, 0.25) is 5.91 Å². The van der Waals surface area contributed by atoms with Crippen molar-refractivity contribution in [3.8, 4) is 11.5 Å². The molecule has 0 bridgehead atoms. The van der Waals surface area contributed by atoms with Crippen LogP contribution in [0.5, 0.6) is 11.5 Å². The van der Waals surface area contributed by atoms with Crippen molar-refractivity contribution in [1.29, 1.82) is 0 Å². The highest BCUT2D eigenvalue weighted by atomic mass is 16.5. The second-order valence-electron chi connectivity index (χ2n) is 4.78. The molecule has 0 saturated heterocycles. The fourth-order valence-electron chi connectivity index (χ4n) is 1.52. The van der Waals surface area contributed by atoms with E-state index >= 15 is 0 Å². The summed E-state index contributed by atoms with van der Waals surface area (Å²) >= 11 is 0. The molecule has 0 unspecified atom stereocenters. The van der Waals surface area contributed by atoms with E-state index in [1.165, 1.54) is 0 Å². The van der Waals surface area contributed by atoms with Gasteiger partial charge in [-0.3, -0.25) is 4.79 Å². The van der Waals surface area contributed by atoms with Crippen LogP contribution >= 0.6 is 0 Å². The molecule has 0 spiro atoms. The maximum Gasteiger partial charge on any atom is 0.226 e. The summed E-state index contributed by atoms with van der Waals surface area (Å²) in [7, 11) is 3.11. The van der Waals surface area contributed by atoms with Gasteiger partial charge in [0.05, 0.1) is 19.9 Å². The predicted octanol–water partition coefficient (Wildman–Crippen LogP) is 1.77. The summed E-state index contributed by atoms with van der Waals surface area (Å²) in [6, 6.07) is 5.21. The number of amides is 1. The molecule has 1 aromatic carbocycles. The van der Waals surface area contributed by atoms with Crippen molar-refractivity contribution in [3.05, 3.63) is 18.2 Å². The number of nitrogens with one attached hydrogen (secondary N) is 1. The summed E-state index contributed by atoms with van der Waals surface area (Å²) in [6.45, 7) is 3.60. The van der Waals surface area contributed by atoms with Gasteiger partial charge in [-0.25, -0.2) is 0 Å². The zero-order chi connectivity index (χ0) is 13.8. The van der Waals surface area contributed by atoms with Crippen LogP contribution in [0.3, 0.4) is 0 Å². The Hall–Kier alpha value is -1.75. The molecular formula is C13H20N2O3. The maximum atomic E-state index is 11.8. The Bertz CT molecular complexity index is 425. The van der Waals surface area contributed by atoms with Gasteiger partial charge in [0.1, 0.15) is 11.5 Å². The van der Waals surface area contributed by atoms with Crippen molar-refractivity contribution >= 4 is 11.6 Å². The first-order valence-corrected chi connectivity index (χ1v) is 5.66. The highest BCUT2D eigenvalue weighted by molar-refractivity contribution is 5.93. The Labute approximate surface area is 107 Å². The fraction of sp³-hybridized carbons (Fsp3) is 0.462. The molecule has 5 nitrogen and oxygen atoms in total. The van der Waals surface area contributed by atoms with Gasteiger partial charge >= 0.3 is 0 Å². The predicted molar refractivity (Wildman–Crippen MR) is 71.1 cm³/mol. The van der Waals surface area contributed by atoms with Crippen molar-refractivity contribution in [2.24, 2.45) is 5.73 Å². The van der Waals surface area contributed by atoms with E-state index < -0.39 is 5.54 Å². The minimum Gasteiger partial charge on any atom is -0.497 e. The maximum absolute atomic E-state index is 11.8. The quantitative estimate of drug-likeness (QED) is 0.837. The van der Waals surface area contributed by atoms with Crippen LogP contribution in [-0.2, 0) is 4.79 Å². The van der Waals surface area contributed by atoms with E-state index in [4.69, 9.17) is 15.2 Å². The summed E-state index contributed by atoms with van der Waals surface area (Å²) in [5, 5.41) is 2.77. The van der Waals surface area contributed by atoms with Crippen LogP contribution in [0.4, 0.5) is 5.69 Å². The Morgan fingerprint density at radius 2 is 2.00 bits per heavy atom. The molecule has 5 heteroatoms. The highest BCUT2D eigenvalue weighted by Gasteiger charge is 2.17. The lowest BCUT2D eigenvalue weighted by atomic mass is 10.0. The highest BCUT2D eigenvalue weighted by Crippen LogP contribution is 2.29. The van der Waals surface area contributed by atoms with E-state index in [1.807, 2.05) is 0 Å². The molecule has 0 saturated carbocycles. The topological polar surface area (TPSA) is 73.6 Å². The van der Waals surface area contributed by atoms with E-state index in [1.54, 1.807) is 46.3 Å². The van der Waals surface area contributed by atoms with E-state index in [0.717, 1.165) is 0 Å². The number of carbonyl (C=O) groups is 1. The molecule has 0 fully saturated rings. The van der Waals surface area contributed by atoms with Crippen LogP contribution in [-0.4, -0.2) is 25.7 Å². The summed E-state index contributed by atoms with van der Waals surface area (Å²) in [6.07, 6.45) is 0.230. The standard InChI is InChI=1S/C13H20N2O3/c1-13(2,14)8-12(16)15-10-7-9(17-3)5-6-11(10)18-4/h5-7H,8,14H2,1-4H3,(H,15,16). The number of hydrogen-bond acceptors (Lipinski definition) is 4. The third-order valence-corrected chi connectivity index (χ3v) is 2.30. The number of carbonyl (C=O) groups excluding carboxylic acids is 1. The summed E-state index contributed by atoms with van der Waals surface area (Å²) in [5.74, 6) is 1.08. The number of ether oxygens (including phenoxy) is 2. The van der Waals surface area contributed by atoms with Crippen molar-refractivity contribution in [1.82, 2.24) is 0 Å². The number of benzene rings is 1. The van der Waals surface area contributed by atoms with Crippen molar-refractivity contribution in [2.75, 3.05) is 19.5 Å². The van der Waals surface area contributed by atoms with Crippen molar-refractivity contribution in [3.63, 3.8) is 0 Å². The van der Waals surface area contributed by atoms with Gasteiger partial charge < -0.3 is 20.5 Å². The van der Waals surface area contributed by atoms with Gasteiger partial charge in [0, 0.05) is 18.0 Å². The third-order valence-electron chi connectivity index (χ3n) is 2.30. The number of hydrogen-bond donors (Lipinski definition) is 2. The summed E-state index contributed by atoms with van der Waals surface area (Å²) in [4.78, 5) is 11.8. The van der Waals surface area contributed by atoms with Crippen LogP contribution in [0, 0.1) is 0 Å². The van der Waals surface area contributed by atoms with E-state index in [-0.39, 0.29) is 12.3 Å². The van der Waals surface area contributed by atoms with Gasteiger partial charge in [0.15, 0.2) is 0 Å². The van der Waals surface area contributed by atoms with Crippen LogP contribution in [0.2, 0.25) is 0 Å². The molecule has 3 N–H and O–H groups in total. The molecule has 0 radical (unpaired) electrons. The van der Waals surface area contributed by atoms with Crippen LogP contribution < -0.4 is 20.5 Å². The van der Waals surface area contributed by atoms with Crippen LogP contribution in [0.1, 0.15) is 20.3 Å². The monoisotopic (exact) mass is 252 g/mol. The largest absolute Gasteiger partial charge is 0.497 e. The second kappa shape index (κ2) is 5.73. The summed E-state index contributed by atoms with van der Waals surface area (Å²) < 4.78 is 10.3. The molecule has 0 aromatic heterocycles. The lowest BCUT2D eigenvalue weighted by Crippen LogP contribution is -2.36. The molecule has 0 aliphatic rings. The van der Waals surface area contributed by atoms with Crippen molar-refractivity contribution in [2.45, 2.75) is 25.8 Å². The molecule has 1 rings (SSSR count). The zero-order valence-corrected chi connectivity index (χ0v) is 11.2.